The quantitative estimate of drug-likeness (QED) is 0.608. The molecule has 1 rings (SSSR count). The van der Waals surface area contributed by atoms with Gasteiger partial charge in [-0.05, 0) is 32.5 Å². The van der Waals surface area contributed by atoms with Crippen LogP contribution in [0.1, 0.15) is 20.3 Å². The summed E-state index contributed by atoms with van der Waals surface area (Å²) in [6, 6.07) is 0.693. The monoisotopic (exact) mass is 156 g/mol. The van der Waals surface area contributed by atoms with E-state index in [2.05, 4.69) is 38.2 Å². The molecule has 0 aromatic rings. The Bertz CT molecular complexity index is 132. The van der Waals surface area contributed by atoms with E-state index >= 15 is 0 Å². The highest BCUT2D eigenvalue weighted by Gasteiger charge is 2.33. The Morgan fingerprint density at radius 2 is 2.09 bits per heavy atom. The number of hydrogen-bond donors (Lipinski definition) is 1. The molecule has 0 unspecified atom stereocenters. The summed E-state index contributed by atoms with van der Waals surface area (Å²) in [6.07, 6.45) is 1.28. The predicted molar refractivity (Wildman–Crippen MR) is 48.7 cm³/mol. The molecule has 2 nitrogen and oxygen atoms in total. The minimum Gasteiger partial charge on any atom is -0.316 e. The highest BCUT2D eigenvalue weighted by Crippen LogP contribution is 2.27. The molecule has 1 fully saturated rings. The molecule has 0 saturated carbocycles. The van der Waals surface area contributed by atoms with Crippen LogP contribution in [0.5, 0.6) is 0 Å². The maximum absolute atomic E-state index is 3.39. The fraction of sp³-hybridized carbons (Fsp3) is 1.00. The third-order valence-corrected chi connectivity index (χ3v) is 2.77. The number of piperidine rings is 1. The van der Waals surface area contributed by atoms with Gasteiger partial charge in [0.05, 0.1) is 0 Å². The SMILES string of the molecule is CN[C@@H]1CCN(C)CC1(C)C. The summed E-state index contributed by atoms with van der Waals surface area (Å²) in [4.78, 5) is 2.41. The average molecular weight is 156 g/mol. The Hall–Kier alpha value is -0.0800. The summed E-state index contributed by atoms with van der Waals surface area (Å²) >= 11 is 0. The van der Waals surface area contributed by atoms with Gasteiger partial charge in [0.2, 0.25) is 0 Å². The maximum atomic E-state index is 3.39. The summed E-state index contributed by atoms with van der Waals surface area (Å²) in [5, 5.41) is 3.39. The second-order valence-corrected chi connectivity index (χ2v) is 4.36. The molecule has 0 radical (unpaired) electrons. The topological polar surface area (TPSA) is 15.3 Å². The zero-order valence-electron chi connectivity index (χ0n) is 8.15. The Kier molecular flexibility index (Phi) is 2.55. The first-order chi connectivity index (χ1) is 5.06. The second kappa shape index (κ2) is 3.11. The van der Waals surface area contributed by atoms with Gasteiger partial charge in [-0.1, -0.05) is 13.8 Å². The van der Waals surface area contributed by atoms with Crippen molar-refractivity contribution in [1.29, 1.82) is 0 Å². The van der Waals surface area contributed by atoms with Crippen molar-refractivity contribution in [2.75, 3.05) is 27.2 Å². The molecule has 1 aliphatic rings. The first kappa shape index (κ1) is 9.01. The molecule has 1 aliphatic heterocycles. The smallest absolute Gasteiger partial charge is 0.0140 e. The Balaban J connectivity index is 2.56. The number of nitrogens with one attached hydrogen (secondary N) is 1. The fourth-order valence-corrected chi connectivity index (χ4v) is 2.16. The van der Waals surface area contributed by atoms with Crippen LogP contribution >= 0.6 is 0 Å². The molecule has 66 valence electrons. The van der Waals surface area contributed by atoms with Gasteiger partial charge in [0.15, 0.2) is 0 Å². The second-order valence-electron chi connectivity index (χ2n) is 4.36. The van der Waals surface area contributed by atoms with Gasteiger partial charge in [0.25, 0.3) is 0 Å². The molecule has 1 N–H and O–H groups in total. The Morgan fingerprint density at radius 3 is 2.55 bits per heavy atom. The van der Waals surface area contributed by atoms with E-state index in [1.165, 1.54) is 19.5 Å². The molecule has 0 bridgehead atoms. The lowest BCUT2D eigenvalue weighted by Crippen LogP contribution is -2.52. The van der Waals surface area contributed by atoms with Crippen LogP contribution in [-0.2, 0) is 0 Å². The van der Waals surface area contributed by atoms with E-state index in [0.29, 0.717) is 11.5 Å². The van der Waals surface area contributed by atoms with E-state index in [4.69, 9.17) is 0 Å². The van der Waals surface area contributed by atoms with Crippen LogP contribution in [0, 0.1) is 5.41 Å². The van der Waals surface area contributed by atoms with Crippen LogP contribution < -0.4 is 5.32 Å². The van der Waals surface area contributed by atoms with Crippen LogP contribution in [0.2, 0.25) is 0 Å². The van der Waals surface area contributed by atoms with Crippen molar-refractivity contribution in [2.24, 2.45) is 5.41 Å². The minimum atomic E-state index is 0.432. The van der Waals surface area contributed by atoms with Crippen LogP contribution in [0.15, 0.2) is 0 Å². The number of hydrogen-bond acceptors (Lipinski definition) is 2. The van der Waals surface area contributed by atoms with Crippen molar-refractivity contribution in [1.82, 2.24) is 10.2 Å². The van der Waals surface area contributed by atoms with E-state index in [1.54, 1.807) is 0 Å². The lowest BCUT2D eigenvalue weighted by Gasteiger charge is -2.42. The van der Waals surface area contributed by atoms with E-state index in [-0.39, 0.29) is 0 Å². The van der Waals surface area contributed by atoms with Gasteiger partial charge >= 0.3 is 0 Å². The van der Waals surface area contributed by atoms with Crippen LogP contribution in [-0.4, -0.2) is 38.1 Å². The molecule has 2 heteroatoms. The van der Waals surface area contributed by atoms with Gasteiger partial charge in [0.1, 0.15) is 0 Å². The van der Waals surface area contributed by atoms with Crippen molar-refractivity contribution >= 4 is 0 Å². The minimum absolute atomic E-state index is 0.432. The molecule has 0 aliphatic carbocycles. The normalized spacial score (nSPS) is 32.2. The van der Waals surface area contributed by atoms with Gasteiger partial charge in [0, 0.05) is 12.6 Å². The highest BCUT2D eigenvalue weighted by molar-refractivity contribution is 4.89. The zero-order valence-corrected chi connectivity index (χ0v) is 8.15. The van der Waals surface area contributed by atoms with Crippen molar-refractivity contribution in [3.63, 3.8) is 0 Å². The third-order valence-electron chi connectivity index (χ3n) is 2.77. The standard InChI is InChI=1S/C9H20N2/c1-9(2)7-11(4)6-5-8(9)10-3/h8,10H,5-7H2,1-4H3/t8-/m1/s1. The first-order valence-electron chi connectivity index (χ1n) is 4.42. The van der Waals surface area contributed by atoms with Gasteiger partial charge in [-0.2, -0.15) is 0 Å². The summed E-state index contributed by atoms with van der Waals surface area (Å²) in [5.41, 5.74) is 0.432. The summed E-state index contributed by atoms with van der Waals surface area (Å²) in [7, 11) is 4.27. The zero-order chi connectivity index (χ0) is 8.48. The summed E-state index contributed by atoms with van der Waals surface area (Å²) in [6.45, 7) is 7.11. The highest BCUT2D eigenvalue weighted by atomic mass is 15.1. The molecule has 0 aromatic carbocycles. The van der Waals surface area contributed by atoms with Gasteiger partial charge in [-0.3, -0.25) is 0 Å². The average Bonchev–Trinajstić information content (AvgIpc) is 1.85. The Labute approximate surface area is 70.0 Å². The van der Waals surface area contributed by atoms with E-state index in [0.717, 1.165) is 0 Å². The first-order valence-corrected chi connectivity index (χ1v) is 4.42. The number of likely N-dealkylation sites (tertiary alicyclic amines) is 1. The van der Waals surface area contributed by atoms with Crippen molar-refractivity contribution in [3.05, 3.63) is 0 Å². The molecule has 1 heterocycles. The third kappa shape index (κ3) is 1.94. The van der Waals surface area contributed by atoms with Gasteiger partial charge in [-0.25, -0.2) is 0 Å². The van der Waals surface area contributed by atoms with Gasteiger partial charge in [-0.15, -0.1) is 0 Å². The molecule has 0 spiro atoms. The van der Waals surface area contributed by atoms with Crippen molar-refractivity contribution in [2.45, 2.75) is 26.3 Å². The van der Waals surface area contributed by atoms with Crippen LogP contribution in [0.4, 0.5) is 0 Å². The molecule has 1 atom stereocenters. The number of rotatable bonds is 1. The lowest BCUT2D eigenvalue weighted by atomic mass is 9.79. The van der Waals surface area contributed by atoms with E-state index in [9.17, 15) is 0 Å². The molecule has 1 saturated heterocycles. The van der Waals surface area contributed by atoms with Crippen LogP contribution in [0.25, 0.3) is 0 Å². The maximum Gasteiger partial charge on any atom is 0.0140 e. The molecule has 0 amide bonds. The molecular weight excluding hydrogens is 136 g/mol. The lowest BCUT2D eigenvalue weighted by molar-refractivity contribution is 0.101. The fourth-order valence-electron chi connectivity index (χ4n) is 2.16. The summed E-state index contributed by atoms with van der Waals surface area (Å²) in [5.74, 6) is 0. The number of nitrogens with zero attached hydrogens (tertiary/aromatic N) is 1. The van der Waals surface area contributed by atoms with E-state index < -0.39 is 0 Å². The van der Waals surface area contributed by atoms with Crippen molar-refractivity contribution in [3.8, 4) is 0 Å². The largest absolute Gasteiger partial charge is 0.316 e. The van der Waals surface area contributed by atoms with Gasteiger partial charge < -0.3 is 10.2 Å². The predicted octanol–water partition coefficient (Wildman–Crippen LogP) is 0.936. The molecule has 11 heavy (non-hydrogen) atoms. The van der Waals surface area contributed by atoms with Crippen molar-refractivity contribution < 1.29 is 0 Å². The van der Waals surface area contributed by atoms with E-state index in [1.807, 2.05) is 0 Å². The van der Waals surface area contributed by atoms with Crippen LogP contribution in [0.3, 0.4) is 0 Å². The Morgan fingerprint density at radius 1 is 1.45 bits per heavy atom. The summed E-state index contributed by atoms with van der Waals surface area (Å²) < 4.78 is 0. The molecular formula is C9H20N2. The molecule has 0 aromatic heterocycles.